The van der Waals surface area contributed by atoms with Gasteiger partial charge >= 0.3 is 0 Å². The van der Waals surface area contributed by atoms with Gasteiger partial charge in [-0.2, -0.15) is 0 Å². The molecule has 4 heteroatoms. The van der Waals surface area contributed by atoms with Crippen LogP contribution in [0.3, 0.4) is 0 Å². The first kappa shape index (κ1) is 16.4. The molecular weight excluding hydrogens is 286 g/mol. The molecule has 1 aromatic rings. The maximum absolute atomic E-state index is 6.34. The molecule has 0 aliphatic carbocycles. The molecule has 21 heavy (non-hydrogen) atoms. The van der Waals surface area contributed by atoms with Crippen LogP contribution in [0.5, 0.6) is 11.5 Å². The molecule has 0 saturated heterocycles. The molecule has 0 spiro atoms. The number of unbranched alkanes of at least 4 members (excludes halogenated alkanes) is 1. The van der Waals surface area contributed by atoms with Gasteiger partial charge < -0.3 is 14.8 Å². The van der Waals surface area contributed by atoms with Crippen molar-refractivity contribution in [2.75, 3.05) is 26.3 Å². The van der Waals surface area contributed by atoms with Crippen molar-refractivity contribution >= 4 is 11.6 Å². The van der Waals surface area contributed by atoms with E-state index < -0.39 is 0 Å². The Bertz CT molecular complexity index is 449. The Kier molecular flexibility index (Phi) is 6.65. The third-order valence-corrected chi connectivity index (χ3v) is 3.87. The predicted molar refractivity (Wildman–Crippen MR) is 87.7 cm³/mol. The molecule has 0 bridgehead atoms. The molecule has 0 fully saturated rings. The fourth-order valence-corrected chi connectivity index (χ4v) is 2.62. The lowest BCUT2D eigenvalue weighted by Gasteiger charge is -2.12. The van der Waals surface area contributed by atoms with Crippen LogP contribution < -0.4 is 14.8 Å². The van der Waals surface area contributed by atoms with Gasteiger partial charge in [-0.15, -0.1) is 0 Å². The lowest BCUT2D eigenvalue weighted by atomic mass is 10.1. The van der Waals surface area contributed by atoms with Gasteiger partial charge in [-0.3, -0.25) is 0 Å². The summed E-state index contributed by atoms with van der Waals surface area (Å²) in [5.74, 6) is 2.32. The van der Waals surface area contributed by atoms with Crippen LogP contribution in [0.1, 0.15) is 38.7 Å². The molecule has 1 aliphatic heterocycles. The van der Waals surface area contributed by atoms with E-state index in [1.165, 1.54) is 0 Å². The van der Waals surface area contributed by atoms with E-state index in [2.05, 4.69) is 19.2 Å². The van der Waals surface area contributed by atoms with E-state index in [1.807, 2.05) is 12.1 Å². The Labute approximate surface area is 133 Å². The minimum Gasteiger partial charge on any atom is -0.490 e. The monoisotopic (exact) mass is 311 g/mol. The summed E-state index contributed by atoms with van der Waals surface area (Å²) in [4.78, 5) is 0. The van der Waals surface area contributed by atoms with Gasteiger partial charge in [-0.25, -0.2) is 0 Å². The fourth-order valence-electron chi connectivity index (χ4n) is 2.37. The Morgan fingerprint density at radius 1 is 1.14 bits per heavy atom. The fraction of sp³-hybridized carbons (Fsp3) is 0.647. The van der Waals surface area contributed by atoms with Gasteiger partial charge in [0.15, 0.2) is 11.5 Å². The molecule has 0 aromatic heterocycles. The summed E-state index contributed by atoms with van der Waals surface area (Å²) < 4.78 is 11.4. The molecular formula is C17H26ClNO2. The molecule has 0 saturated carbocycles. The topological polar surface area (TPSA) is 30.5 Å². The van der Waals surface area contributed by atoms with E-state index in [4.69, 9.17) is 21.1 Å². The zero-order valence-electron chi connectivity index (χ0n) is 13.1. The van der Waals surface area contributed by atoms with Crippen molar-refractivity contribution in [1.82, 2.24) is 5.32 Å². The Morgan fingerprint density at radius 2 is 1.86 bits per heavy atom. The zero-order chi connectivity index (χ0) is 15.1. The third kappa shape index (κ3) is 5.40. The van der Waals surface area contributed by atoms with Gasteiger partial charge in [0, 0.05) is 17.5 Å². The highest BCUT2D eigenvalue weighted by molar-refractivity contribution is 6.31. The standard InChI is InChI=1S/C17H26ClNO2/c1-13(2)12-19-7-4-3-6-14-10-16-17(11-15(14)18)21-9-5-8-20-16/h10-11,13,19H,3-9,12H2,1-2H3. The van der Waals surface area contributed by atoms with E-state index in [1.54, 1.807) is 0 Å². The average molecular weight is 312 g/mol. The number of rotatable bonds is 7. The quantitative estimate of drug-likeness (QED) is 0.770. The minimum atomic E-state index is 0.699. The Morgan fingerprint density at radius 3 is 2.57 bits per heavy atom. The Balaban J connectivity index is 1.81. The van der Waals surface area contributed by atoms with Crippen molar-refractivity contribution in [3.8, 4) is 11.5 Å². The Hall–Kier alpha value is -0.930. The van der Waals surface area contributed by atoms with E-state index in [-0.39, 0.29) is 0 Å². The van der Waals surface area contributed by atoms with Crippen LogP contribution in [-0.2, 0) is 6.42 Å². The number of ether oxygens (including phenoxy) is 2. The van der Waals surface area contributed by atoms with Crippen molar-refractivity contribution in [2.45, 2.75) is 39.5 Å². The molecule has 0 radical (unpaired) electrons. The molecule has 0 amide bonds. The number of aryl methyl sites for hydroxylation is 1. The van der Waals surface area contributed by atoms with Crippen LogP contribution in [0.15, 0.2) is 12.1 Å². The second-order valence-electron chi connectivity index (χ2n) is 6.00. The summed E-state index contributed by atoms with van der Waals surface area (Å²) in [6.07, 6.45) is 4.20. The highest BCUT2D eigenvalue weighted by atomic mass is 35.5. The number of benzene rings is 1. The molecule has 3 nitrogen and oxygen atoms in total. The lowest BCUT2D eigenvalue weighted by molar-refractivity contribution is 0.297. The molecule has 2 rings (SSSR count). The van der Waals surface area contributed by atoms with Crippen molar-refractivity contribution in [3.63, 3.8) is 0 Å². The van der Waals surface area contributed by atoms with Gasteiger partial charge in [0.1, 0.15) is 0 Å². The normalized spacial score (nSPS) is 14.3. The second-order valence-corrected chi connectivity index (χ2v) is 6.40. The summed E-state index contributed by atoms with van der Waals surface area (Å²) in [5, 5.41) is 4.25. The largest absolute Gasteiger partial charge is 0.490 e. The van der Waals surface area contributed by atoms with Crippen LogP contribution >= 0.6 is 11.6 Å². The van der Waals surface area contributed by atoms with Crippen LogP contribution in [0.25, 0.3) is 0 Å². The highest BCUT2D eigenvalue weighted by Gasteiger charge is 2.13. The second kappa shape index (κ2) is 8.50. The van der Waals surface area contributed by atoms with E-state index >= 15 is 0 Å². The van der Waals surface area contributed by atoms with E-state index in [9.17, 15) is 0 Å². The first-order valence-electron chi connectivity index (χ1n) is 7.95. The van der Waals surface area contributed by atoms with Crippen LogP contribution in [-0.4, -0.2) is 26.3 Å². The maximum atomic E-state index is 6.34. The summed E-state index contributed by atoms with van der Waals surface area (Å²) in [6.45, 7) is 8.03. The number of hydrogen-bond donors (Lipinski definition) is 1. The number of nitrogens with one attached hydrogen (secondary N) is 1. The van der Waals surface area contributed by atoms with Gasteiger partial charge in [0.05, 0.1) is 13.2 Å². The van der Waals surface area contributed by atoms with Crippen LogP contribution in [0, 0.1) is 5.92 Å². The predicted octanol–water partition coefficient (Wildman–Crippen LogP) is 4.07. The first-order valence-corrected chi connectivity index (χ1v) is 8.33. The van der Waals surface area contributed by atoms with Crippen LogP contribution in [0.4, 0.5) is 0 Å². The van der Waals surface area contributed by atoms with Crippen molar-refractivity contribution in [3.05, 3.63) is 22.7 Å². The molecule has 118 valence electrons. The molecule has 0 unspecified atom stereocenters. The van der Waals surface area contributed by atoms with Gasteiger partial charge in [0.25, 0.3) is 0 Å². The highest BCUT2D eigenvalue weighted by Crippen LogP contribution is 2.35. The average Bonchev–Trinajstić information content (AvgIpc) is 2.67. The van der Waals surface area contributed by atoms with Gasteiger partial charge in [-0.05, 0) is 49.9 Å². The van der Waals surface area contributed by atoms with Crippen molar-refractivity contribution in [1.29, 1.82) is 0 Å². The van der Waals surface area contributed by atoms with E-state index in [0.717, 1.165) is 60.9 Å². The first-order chi connectivity index (χ1) is 10.2. The van der Waals surface area contributed by atoms with Crippen LogP contribution in [0.2, 0.25) is 5.02 Å². The summed E-state index contributed by atoms with van der Waals surface area (Å²) in [7, 11) is 0. The van der Waals surface area contributed by atoms with Gasteiger partial charge in [-0.1, -0.05) is 25.4 Å². The molecule has 1 aromatic carbocycles. The maximum Gasteiger partial charge on any atom is 0.162 e. The number of halogens is 1. The lowest BCUT2D eigenvalue weighted by Crippen LogP contribution is -2.20. The summed E-state index contributed by atoms with van der Waals surface area (Å²) in [5.41, 5.74) is 1.16. The molecule has 0 atom stereocenters. The smallest absolute Gasteiger partial charge is 0.162 e. The molecule has 1 aliphatic rings. The minimum absolute atomic E-state index is 0.699. The van der Waals surface area contributed by atoms with Gasteiger partial charge in [0.2, 0.25) is 0 Å². The number of hydrogen-bond acceptors (Lipinski definition) is 3. The molecule has 1 N–H and O–H groups in total. The SMILES string of the molecule is CC(C)CNCCCCc1cc2c(cc1Cl)OCCCO2. The number of fused-ring (bicyclic) bond motifs is 1. The zero-order valence-corrected chi connectivity index (χ0v) is 13.8. The molecule has 1 heterocycles. The summed E-state index contributed by atoms with van der Waals surface area (Å²) in [6, 6.07) is 3.94. The third-order valence-electron chi connectivity index (χ3n) is 3.52. The summed E-state index contributed by atoms with van der Waals surface area (Å²) >= 11 is 6.34. The van der Waals surface area contributed by atoms with Crippen molar-refractivity contribution < 1.29 is 9.47 Å². The van der Waals surface area contributed by atoms with E-state index in [0.29, 0.717) is 19.1 Å². The van der Waals surface area contributed by atoms with Crippen molar-refractivity contribution in [2.24, 2.45) is 5.92 Å².